The second kappa shape index (κ2) is 4.31. The minimum absolute atomic E-state index is 0.0490. The first-order valence-corrected chi connectivity index (χ1v) is 4.55. The number of rotatable bonds is 3. The molecule has 1 unspecified atom stereocenters. The monoisotopic (exact) mass is 235 g/mol. The van der Waals surface area contributed by atoms with Crippen molar-refractivity contribution in [1.29, 1.82) is 0 Å². The second-order valence-electron chi connectivity index (χ2n) is 3.58. The van der Waals surface area contributed by atoms with Crippen LogP contribution in [0.5, 0.6) is 5.75 Å². The van der Waals surface area contributed by atoms with E-state index >= 15 is 0 Å². The highest BCUT2D eigenvalue weighted by Crippen LogP contribution is 2.32. The molecule has 0 radical (unpaired) electrons. The first-order chi connectivity index (χ1) is 7.28. The Hall–Kier alpha value is -1.27. The molecule has 4 N–H and O–H groups in total. The molecule has 0 saturated heterocycles. The average Bonchev–Trinajstić information content (AvgIpc) is 2.19. The summed E-state index contributed by atoms with van der Waals surface area (Å²) in [5, 5.41) is 18.3. The van der Waals surface area contributed by atoms with Crippen LogP contribution in [0, 0.1) is 0 Å². The quantitative estimate of drug-likeness (QED) is 0.737. The molecule has 0 aliphatic heterocycles. The fourth-order valence-electron chi connectivity index (χ4n) is 1.24. The van der Waals surface area contributed by atoms with Crippen LogP contribution in [0.3, 0.4) is 0 Å². The van der Waals surface area contributed by atoms with Gasteiger partial charge in [-0.1, -0.05) is 12.1 Å². The molecule has 1 atom stereocenters. The van der Waals surface area contributed by atoms with Crippen LogP contribution in [-0.4, -0.2) is 28.5 Å². The molecule has 0 aromatic heterocycles. The van der Waals surface area contributed by atoms with E-state index in [4.69, 9.17) is 10.8 Å². The summed E-state index contributed by atoms with van der Waals surface area (Å²) in [6.07, 6.45) is -5.41. The third-order valence-electron chi connectivity index (χ3n) is 2.30. The normalized spacial score (nSPS) is 15.8. The number of hydrogen-bond acceptors (Lipinski definition) is 3. The summed E-state index contributed by atoms with van der Waals surface area (Å²) in [7, 11) is 0. The highest BCUT2D eigenvalue weighted by atomic mass is 19.4. The molecule has 0 saturated carbocycles. The van der Waals surface area contributed by atoms with Gasteiger partial charge < -0.3 is 15.9 Å². The molecular weight excluding hydrogens is 223 g/mol. The number of benzene rings is 1. The lowest BCUT2D eigenvalue weighted by Gasteiger charge is -2.29. The summed E-state index contributed by atoms with van der Waals surface area (Å²) in [5.74, 6) is -0.0490. The minimum atomic E-state index is -4.78. The first-order valence-electron chi connectivity index (χ1n) is 4.55. The number of alkyl halides is 3. The van der Waals surface area contributed by atoms with Crippen LogP contribution in [0.4, 0.5) is 13.2 Å². The lowest BCUT2D eigenvalue weighted by molar-refractivity contribution is -0.255. The summed E-state index contributed by atoms with van der Waals surface area (Å²) < 4.78 is 37.5. The van der Waals surface area contributed by atoms with Crippen LogP contribution in [-0.2, 0) is 6.42 Å². The second-order valence-corrected chi connectivity index (χ2v) is 3.58. The van der Waals surface area contributed by atoms with Gasteiger partial charge in [0.2, 0.25) is 0 Å². The number of hydrogen-bond donors (Lipinski definition) is 3. The molecule has 16 heavy (non-hydrogen) atoms. The van der Waals surface area contributed by atoms with Crippen LogP contribution in [0.15, 0.2) is 24.3 Å². The molecule has 1 aromatic rings. The molecule has 1 aromatic carbocycles. The van der Waals surface area contributed by atoms with Crippen LogP contribution < -0.4 is 5.73 Å². The molecule has 0 heterocycles. The molecule has 0 spiro atoms. The van der Waals surface area contributed by atoms with Gasteiger partial charge in [-0.25, -0.2) is 0 Å². The maximum Gasteiger partial charge on any atom is 0.418 e. The molecule has 3 nitrogen and oxygen atoms in total. The van der Waals surface area contributed by atoms with Crippen molar-refractivity contribution in [3.05, 3.63) is 29.8 Å². The summed E-state index contributed by atoms with van der Waals surface area (Å²) in [6.45, 7) is -0.905. The van der Waals surface area contributed by atoms with Gasteiger partial charge in [0.25, 0.3) is 0 Å². The molecule has 0 aliphatic rings. The SMILES string of the molecule is NCC(O)(Cc1ccc(O)cc1)C(F)(F)F. The van der Waals surface area contributed by atoms with Crippen LogP contribution in [0.1, 0.15) is 5.56 Å². The zero-order chi connectivity index (χ0) is 12.4. The fourth-order valence-corrected chi connectivity index (χ4v) is 1.24. The third kappa shape index (κ3) is 2.65. The predicted octanol–water partition coefficient (Wildman–Crippen LogP) is 1.19. The predicted molar refractivity (Wildman–Crippen MR) is 51.9 cm³/mol. The van der Waals surface area contributed by atoms with Gasteiger partial charge in [-0.05, 0) is 17.7 Å². The Kier molecular flexibility index (Phi) is 3.44. The van der Waals surface area contributed by atoms with E-state index in [9.17, 15) is 18.3 Å². The van der Waals surface area contributed by atoms with E-state index in [1.54, 1.807) is 0 Å². The van der Waals surface area contributed by atoms with Gasteiger partial charge in [0, 0.05) is 13.0 Å². The third-order valence-corrected chi connectivity index (χ3v) is 2.30. The first kappa shape index (κ1) is 12.8. The van der Waals surface area contributed by atoms with Gasteiger partial charge in [-0.15, -0.1) is 0 Å². The lowest BCUT2D eigenvalue weighted by Crippen LogP contribution is -2.52. The van der Waals surface area contributed by atoms with E-state index < -0.39 is 24.7 Å². The molecule has 0 bridgehead atoms. The Morgan fingerprint density at radius 1 is 1.12 bits per heavy atom. The Bertz CT molecular complexity index is 350. The van der Waals surface area contributed by atoms with Gasteiger partial charge >= 0.3 is 6.18 Å². The van der Waals surface area contributed by atoms with Crippen LogP contribution in [0.25, 0.3) is 0 Å². The molecule has 6 heteroatoms. The lowest BCUT2D eigenvalue weighted by atomic mass is 9.94. The zero-order valence-corrected chi connectivity index (χ0v) is 8.33. The molecule has 0 aliphatic carbocycles. The van der Waals surface area contributed by atoms with Crippen molar-refractivity contribution in [1.82, 2.24) is 0 Å². The number of phenolic OH excluding ortho intramolecular Hbond substituents is 1. The van der Waals surface area contributed by atoms with Crippen molar-refractivity contribution in [3.63, 3.8) is 0 Å². The standard InChI is InChI=1S/C10H12F3NO2/c11-10(12,13)9(16,6-14)5-7-1-3-8(15)4-2-7/h1-4,15-16H,5-6,14H2. The summed E-state index contributed by atoms with van der Waals surface area (Å²) in [5.41, 5.74) is 2.28. The Labute approximate surface area is 90.3 Å². The van der Waals surface area contributed by atoms with E-state index in [0.717, 1.165) is 0 Å². The molecule has 1 rings (SSSR count). The van der Waals surface area contributed by atoms with Crippen molar-refractivity contribution >= 4 is 0 Å². The topological polar surface area (TPSA) is 66.5 Å². The van der Waals surface area contributed by atoms with Crippen LogP contribution >= 0.6 is 0 Å². The van der Waals surface area contributed by atoms with E-state index in [1.165, 1.54) is 24.3 Å². The summed E-state index contributed by atoms with van der Waals surface area (Å²) in [4.78, 5) is 0. The minimum Gasteiger partial charge on any atom is -0.508 e. The van der Waals surface area contributed by atoms with Crippen molar-refractivity contribution < 1.29 is 23.4 Å². The Balaban J connectivity index is 2.89. The number of nitrogens with two attached hydrogens (primary N) is 1. The molecule has 0 amide bonds. The smallest absolute Gasteiger partial charge is 0.418 e. The molecular formula is C10H12F3NO2. The summed E-state index contributed by atoms with van der Waals surface area (Å²) in [6, 6.07) is 5.12. The number of aromatic hydroxyl groups is 1. The van der Waals surface area contributed by atoms with Crippen LogP contribution in [0.2, 0.25) is 0 Å². The van der Waals surface area contributed by atoms with Crippen molar-refractivity contribution in [2.24, 2.45) is 5.73 Å². The van der Waals surface area contributed by atoms with Gasteiger partial charge in [0.15, 0.2) is 5.60 Å². The fraction of sp³-hybridized carbons (Fsp3) is 0.400. The molecule has 90 valence electrons. The number of phenols is 1. The Morgan fingerprint density at radius 3 is 2.00 bits per heavy atom. The number of aliphatic hydroxyl groups is 1. The van der Waals surface area contributed by atoms with Gasteiger partial charge in [-0.2, -0.15) is 13.2 Å². The van der Waals surface area contributed by atoms with Gasteiger partial charge in [0.05, 0.1) is 0 Å². The summed E-state index contributed by atoms with van der Waals surface area (Å²) >= 11 is 0. The van der Waals surface area contributed by atoms with E-state index in [1.807, 2.05) is 0 Å². The maximum absolute atomic E-state index is 12.5. The molecule has 0 fully saturated rings. The highest BCUT2D eigenvalue weighted by molar-refractivity contribution is 5.27. The van der Waals surface area contributed by atoms with E-state index in [-0.39, 0.29) is 11.3 Å². The highest BCUT2D eigenvalue weighted by Gasteiger charge is 2.52. The number of halogens is 3. The van der Waals surface area contributed by atoms with Gasteiger partial charge in [0.1, 0.15) is 5.75 Å². The van der Waals surface area contributed by atoms with Crippen molar-refractivity contribution in [2.75, 3.05) is 6.54 Å². The van der Waals surface area contributed by atoms with Crippen molar-refractivity contribution in [2.45, 2.75) is 18.2 Å². The Morgan fingerprint density at radius 2 is 1.62 bits per heavy atom. The largest absolute Gasteiger partial charge is 0.508 e. The zero-order valence-electron chi connectivity index (χ0n) is 8.33. The van der Waals surface area contributed by atoms with Gasteiger partial charge in [-0.3, -0.25) is 0 Å². The van der Waals surface area contributed by atoms with E-state index in [0.29, 0.717) is 0 Å². The average molecular weight is 235 g/mol. The maximum atomic E-state index is 12.5. The van der Waals surface area contributed by atoms with Crippen molar-refractivity contribution in [3.8, 4) is 5.75 Å². The van der Waals surface area contributed by atoms with E-state index in [2.05, 4.69) is 0 Å².